The van der Waals surface area contributed by atoms with Crippen molar-refractivity contribution in [2.45, 2.75) is 57.6 Å². The highest BCUT2D eigenvalue weighted by Crippen LogP contribution is 2.32. The van der Waals surface area contributed by atoms with E-state index in [4.69, 9.17) is 5.26 Å². The first-order chi connectivity index (χ1) is 19.2. The Morgan fingerprint density at radius 2 is 1.85 bits per heavy atom. The third-order valence-corrected chi connectivity index (χ3v) is 7.36. The predicted molar refractivity (Wildman–Crippen MR) is 146 cm³/mol. The zero-order valence-corrected chi connectivity index (χ0v) is 22.5. The molecule has 0 amide bonds. The summed E-state index contributed by atoms with van der Waals surface area (Å²) < 4.78 is 42.4. The first-order valence-electron chi connectivity index (χ1n) is 13.3. The van der Waals surface area contributed by atoms with Gasteiger partial charge in [0.05, 0.1) is 11.2 Å². The molecule has 0 aliphatic heterocycles. The summed E-state index contributed by atoms with van der Waals surface area (Å²) in [5.74, 6) is -0.544. The molecule has 0 saturated heterocycles. The van der Waals surface area contributed by atoms with Crippen molar-refractivity contribution >= 4 is 22.4 Å². The van der Waals surface area contributed by atoms with Crippen LogP contribution in [0.25, 0.3) is 11.0 Å². The van der Waals surface area contributed by atoms with Crippen LogP contribution in [0.15, 0.2) is 35.1 Å². The molecule has 2 aliphatic rings. The van der Waals surface area contributed by atoms with Crippen molar-refractivity contribution in [1.82, 2.24) is 9.55 Å². The van der Waals surface area contributed by atoms with Crippen LogP contribution in [-0.2, 0) is 7.05 Å². The van der Waals surface area contributed by atoms with E-state index in [0.29, 0.717) is 28.3 Å². The van der Waals surface area contributed by atoms with Gasteiger partial charge in [0.25, 0.3) is 5.56 Å². The van der Waals surface area contributed by atoms with Gasteiger partial charge in [-0.25, -0.2) is 9.37 Å². The molecule has 0 spiro atoms. The summed E-state index contributed by atoms with van der Waals surface area (Å²) in [5, 5.41) is 21.8. The van der Waals surface area contributed by atoms with Gasteiger partial charge in [-0.05, 0) is 55.9 Å². The van der Waals surface area contributed by atoms with E-state index in [9.17, 15) is 23.2 Å². The molecule has 2 heterocycles. The van der Waals surface area contributed by atoms with Crippen molar-refractivity contribution in [2.75, 3.05) is 23.8 Å². The zero-order chi connectivity index (χ0) is 28.8. The van der Waals surface area contributed by atoms with Crippen LogP contribution in [0.5, 0.6) is 5.75 Å². The summed E-state index contributed by atoms with van der Waals surface area (Å²) in [4.78, 5) is 19.0. The van der Waals surface area contributed by atoms with E-state index in [0.717, 1.165) is 38.3 Å². The van der Waals surface area contributed by atoms with E-state index in [1.54, 1.807) is 19.2 Å². The van der Waals surface area contributed by atoms with Gasteiger partial charge in [-0.3, -0.25) is 4.79 Å². The maximum absolute atomic E-state index is 13.1. The van der Waals surface area contributed by atoms with Crippen LogP contribution < -0.4 is 20.5 Å². The van der Waals surface area contributed by atoms with Crippen LogP contribution in [0.2, 0.25) is 0 Å². The molecule has 8 nitrogen and oxygen atoms in total. The SMILES string of the molecule is CN(c1c(C#N)c(=O)n(C)c2ccc(C#N)nc12)C1CCCCC1.Fc1ccc(NCC2CC2)cc1OC(F)F. The lowest BCUT2D eigenvalue weighted by Gasteiger charge is -2.33. The number of nitrogens with zero attached hydrogens (tertiary/aromatic N) is 5. The van der Waals surface area contributed by atoms with Crippen LogP contribution in [0.4, 0.5) is 24.5 Å². The first-order valence-corrected chi connectivity index (χ1v) is 13.3. The van der Waals surface area contributed by atoms with Gasteiger partial charge in [0.1, 0.15) is 28.9 Å². The molecule has 1 aromatic carbocycles. The lowest BCUT2D eigenvalue weighted by atomic mass is 9.93. The molecule has 2 fully saturated rings. The number of aromatic nitrogens is 2. The minimum Gasteiger partial charge on any atom is -0.432 e. The number of aryl methyl sites for hydroxylation is 1. The lowest BCUT2D eigenvalue weighted by Crippen LogP contribution is -2.36. The molecule has 2 aromatic heterocycles. The van der Waals surface area contributed by atoms with Gasteiger partial charge in [0.2, 0.25) is 0 Å². The molecular weight excluding hydrogens is 521 g/mol. The van der Waals surface area contributed by atoms with Crippen LogP contribution in [0, 0.1) is 34.4 Å². The van der Waals surface area contributed by atoms with E-state index in [1.807, 2.05) is 18.0 Å². The fourth-order valence-corrected chi connectivity index (χ4v) is 4.93. The number of benzene rings is 1. The van der Waals surface area contributed by atoms with Gasteiger partial charge >= 0.3 is 6.61 Å². The highest BCUT2D eigenvalue weighted by atomic mass is 19.3. The van der Waals surface area contributed by atoms with Crippen LogP contribution in [0.3, 0.4) is 0 Å². The van der Waals surface area contributed by atoms with Gasteiger partial charge < -0.3 is 19.5 Å². The molecule has 3 aromatic rings. The molecule has 2 saturated carbocycles. The largest absolute Gasteiger partial charge is 0.432 e. The van der Waals surface area contributed by atoms with Crippen molar-refractivity contribution in [1.29, 1.82) is 10.5 Å². The maximum Gasteiger partial charge on any atom is 0.387 e. The average Bonchev–Trinajstić information content (AvgIpc) is 3.80. The molecule has 2 aliphatic carbocycles. The quantitative estimate of drug-likeness (QED) is 0.401. The number of hydrogen-bond donors (Lipinski definition) is 1. The second-order valence-corrected chi connectivity index (χ2v) is 10.1. The summed E-state index contributed by atoms with van der Waals surface area (Å²) >= 11 is 0. The van der Waals surface area contributed by atoms with E-state index >= 15 is 0 Å². The third kappa shape index (κ3) is 6.66. The molecule has 0 radical (unpaired) electrons. The first kappa shape index (κ1) is 28.8. The van der Waals surface area contributed by atoms with Gasteiger partial charge in [0, 0.05) is 38.4 Å². The molecule has 1 N–H and O–H groups in total. The summed E-state index contributed by atoms with van der Waals surface area (Å²) in [5.41, 5.74) is 2.39. The molecular formula is C29H31F3N6O2. The minimum absolute atomic E-state index is 0.0978. The number of ether oxygens (including phenoxy) is 1. The lowest BCUT2D eigenvalue weighted by molar-refractivity contribution is -0.0521. The summed E-state index contributed by atoms with van der Waals surface area (Å²) in [6.45, 7) is -2.21. The van der Waals surface area contributed by atoms with Crippen LogP contribution >= 0.6 is 0 Å². The normalized spacial score (nSPS) is 15.1. The average molecular weight is 553 g/mol. The number of nitriles is 2. The van der Waals surface area contributed by atoms with Gasteiger partial charge in [0.15, 0.2) is 11.6 Å². The third-order valence-electron chi connectivity index (χ3n) is 7.36. The topological polar surface area (TPSA) is 107 Å². The smallest absolute Gasteiger partial charge is 0.387 e. The Labute approximate surface area is 230 Å². The zero-order valence-electron chi connectivity index (χ0n) is 22.5. The fraction of sp³-hybridized carbons (Fsp3) is 0.448. The number of fused-ring (bicyclic) bond motifs is 1. The Bertz CT molecular complexity index is 1500. The Morgan fingerprint density at radius 3 is 2.48 bits per heavy atom. The molecule has 210 valence electrons. The fourth-order valence-electron chi connectivity index (χ4n) is 4.93. The number of rotatable bonds is 7. The predicted octanol–water partition coefficient (Wildman–Crippen LogP) is 5.69. The van der Waals surface area contributed by atoms with Gasteiger partial charge in [-0.1, -0.05) is 19.3 Å². The second-order valence-electron chi connectivity index (χ2n) is 10.1. The van der Waals surface area contributed by atoms with E-state index < -0.39 is 18.2 Å². The number of pyridine rings is 2. The number of anilines is 2. The van der Waals surface area contributed by atoms with Crippen molar-refractivity contribution in [3.05, 3.63) is 57.8 Å². The second kappa shape index (κ2) is 12.7. The molecule has 11 heteroatoms. The Kier molecular flexibility index (Phi) is 9.15. The molecule has 5 rings (SSSR count). The van der Waals surface area contributed by atoms with Crippen molar-refractivity contribution in [2.24, 2.45) is 13.0 Å². The molecule has 0 atom stereocenters. The van der Waals surface area contributed by atoms with Crippen LogP contribution in [0.1, 0.15) is 56.2 Å². The van der Waals surface area contributed by atoms with Gasteiger partial charge in [-0.15, -0.1) is 0 Å². The van der Waals surface area contributed by atoms with Crippen molar-refractivity contribution in [3.63, 3.8) is 0 Å². The van der Waals surface area contributed by atoms with E-state index in [-0.39, 0.29) is 22.9 Å². The number of alkyl halides is 2. The van der Waals surface area contributed by atoms with Crippen LogP contribution in [-0.4, -0.2) is 35.8 Å². The highest BCUT2D eigenvalue weighted by Gasteiger charge is 2.26. The number of halogens is 3. The summed E-state index contributed by atoms with van der Waals surface area (Å²) in [6.07, 6.45) is 7.98. The molecule has 40 heavy (non-hydrogen) atoms. The van der Waals surface area contributed by atoms with E-state index in [2.05, 4.69) is 21.1 Å². The van der Waals surface area contributed by atoms with Crippen molar-refractivity contribution in [3.8, 4) is 17.9 Å². The molecule has 0 unspecified atom stereocenters. The number of nitrogens with one attached hydrogen (secondary N) is 1. The Hall–Kier alpha value is -4.25. The highest BCUT2D eigenvalue weighted by molar-refractivity contribution is 5.92. The maximum atomic E-state index is 13.1. The Balaban J connectivity index is 0.000000201. The van der Waals surface area contributed by atoms with Crippen molar-refractivity contribution < 1.29 is 17.9 Å². The molecule has 0 bridgehead atoms. The van der Waals surface area contributed by atoms with E-state index in [1.165, 1.54) is 36.0 Å². The minimum atomic E-state index is -3.01. The monoisotopic (exact) mass is 552 g/mol. The van der Waals surface area contributed by atoms with Gasteiger partial charge in [-0.2, -0.15) is 19.3 Å². The number of hydrogen-bond acceptors (Lipinski definition) is 7. The summed E-state index contributed by atoms with van der Waals surface area (Å²) in [7, 11) is 3.55. The Morgan fingerprint density at radius 1 is 1.12 bits per heavy atom. The standard InChI is InChI=1S/C18H19N5O.C11H12F3NO/c1-22(13-6-4-3-5-7-13)17-14(11-20)18(24)23(2)15-9-8-12(10-19)21-16(15)17;12-9-4-3-8(15-6-7-1-2-7)5-10(9)16-11(13)14/h8-9,13H,3-7H2,1-2H3;3-5,7,11,15H,1-2,6H2. The summed E-state index contributed by atoms with van der Waals surface area (Å²) in [6, 6.07) is 11.6.